The Morgan fingerprint density at radius 1 is 0.418 bits per heavy atom. The van der Waals surface area contributed by atoms with Crippen molar-refractivity contribution >= 4 is 33.2 Å². The fourth-order valence-electron chi connectivity index (χ4n) is 11.4. The molecule has 0 spiro atoms. The summed E-state index contributed by atoms with van der Waals surface area (Å²) < 4.78 is 9.20. The van der Waals surface area contributed by atoms with Gasteiger partial charge >= 0.3 is 0 Å². The van der Waals surface area contributed by atoms with Crippen molar-refractivity contribution in [3.05, 3.63) is 270 Å². The maximum absolute atomic E-state index is 6.95. The van der Waals surface area contributed by atoms with Gasteiger partial charge in [-0.25, -0.2) is 4.98 Å². The summed E-state index contributed by atoms with van der Waals surface area (Å²) in [5.74, 6) is 2.02. The Hall–Kier alpha value is -7.46. The minimum Gasteiger partial charge on any atom is -0.509 e. The van der Waals surface area contributed by atoms with E-state index in [2.05, 4.69) is 304 Å². The second-order valence-electron chi connectivity index (χ2n) is 24.7. The van der Waals surface area contributed by atoms with Crippen LogP contribution >= 0.6 is 0 Å². The predicted molar refractivity (Wildman–Crippen MR) is 326 cm³/mol. The summed E-state index contributed by atoms with van der Waals surface area (Å²) in [7, 11) is 0. The first-order chi connectivity index (χ1) is 37.2. The third kappa shape index (κ3) is 10.4. The molecule has 0 bridgehead atoms. The van der Waals surface area contributed by atoms with Crippen LogP contribution in [0.4, 0.5) is 11.4 Å². The molecule has 1 aliphatic heterocycles. The average Bonchev–Trinajstić information content (AvgIpc) is 4.27. The molecule has 0 radical (unpaired) electrons. The van der Waals surface area contributed by atoms with Crippen molar-refractivity contribution in [2.45, 2.75) is 110 Å². The number of hydrogen-bond donors (Lipinski definition) is 0. The van der Waals surface area contributed by atoms with Crippen molar-refractivity contribution in [2.75, 3.05) is 9.80 Å². The van der Waals surface area contributed by atoms with Crippen LogP contribution in [0.2, 0.25) is 0 Å². The van der Waals surface area contributed by atoms with Gasteiger partial charge in [0.1, 0.15) is 5.82 Å². The molecule has 2 aromatic heterocycles. The predicted octanol–water partition coefficient (Wildman–Crippen LogP) is 18.8. The molecule has 0 fully saturated rings. The molecular weight excluding hydrogens is 1140 g/mol. The molecule has 0 atom stereocenters. The number of aromatic nitrogens is 2. The quantitative estimate of drug-likeness (QED) is 0.114. The van der Waals surface area contributed by atoms with E-state index in [0.29, 0.717) is 11.5 Å². The number of anilines is 2. The van der Waals surface area contributed by atoms with E-state index in [1.54, 1.807) is 0 Å². The molecular formula is C73H71N4OPt-3. The molecule has 0 amide bonds. The fraction of sp³-hybridized carbons (Fsp3) is 0.233. The first-order valence-corrected chi connectivity index (χ1v) is 27.4. The molecule has 11 rings (SSSR count). The smallest absolute Gasteiger partial charge is 0.135 e. The molecule has 0 saturated heterocycles. The van der Waals surface area contributed by atoms with Gasteiger partial charge in [0.05, 0.1) is 0 Å². The van der Waals surface area contributed by atoms with E-state index in [9.17, 15) is 0 Å². The molecule has 10 aromatic rings. The summed E-state index contributed by atoms with van der Waals surface area (Å²) in [6, 6.07) is 79.8. The molecule has 0 N–H and O–H groups in total. The standard InChI is InChI=1S/C73H71N4O.Pt/c1-69(2,3)55-36-39-64-63(45-55)62-38-37-61(48-65(62)77(64)66-46-56(40-41-74-66)70(4,5)6)78-60-35-25-34-58(47-60)75-49-76(68(73(11,12)54-32-23-16-24-33-54)67(75)72(9,10)53-30-21-15-22-31-53)59-43-51(50-26-17-13-18-27-50)42-57(44-59)71(7,8)52-28-19-14-20-29-52;/h13-46,49H,1-12H3;/q-3;. The van der Waals surface area contributed by atoms with Crippen LogP contribution in [0.25, 0.3) is 38.8 Å². The monoisotopic (exact) mass is 1210 g/mol. The first-order valence-electron chi connectivity index (χ1n) is 27.4. The number of ether oxygens (including phenoxy) is 1. The molecule has 5 nitrogen and oxygen atoms in total. The third-order valence-electron chi connectivity index (χ3n) is 16.2. The van der Waals surface area contributed by atoms with Gasteiger partial charge in [-0.3, -0.25) is 0 Å². The van der Waals surface area contributed by atoms with Gasteiger partial charge in [-0.05, 0) is 91.1 Å². The molecule has 1 aliphatic rings. The minimum atomic E-state index is -0.515. The maximum atomic E-state index is 6.95. The van der Waals surface area contributed by atoms with Gasteiger partial charge in [0.15, 0.2) is 0 Å². The van der Waals surface area contributed by atoms with Crippen molar-refractivity contribution < 1.29 is 25.8 Å². The SMILES string of the molecule is CC(C)(C)c1ccnc(-n2c3[c-]c(Oc4[c-]c(N5[CH-]N(c6cc(-c7ccccc7)cc(C(C)(C)c7ccccc7)c6)C(C(C)(C)c6ccccc6)=C5C(C)(C)c5ccccc5)ccc4)ccc3c3cc(C(C)(C)C)ccc32)c1.[Pt]. The van der Waals surface area contributed by atoms with Crippen molar-refractivity contribution in [3.63, 3.8) is 0 Å². The zero-order valence-corrected chi connectivity index (χ0v) is 50.0. The summed E-state index contributed by atoms with van der Waals surface area (Å²) in [5.41, 5.74) is 14.5. The summed E-state index contributed by atoms with van der Waals surface area (Å²) in [6.45, 7) is 29.9. The Morgan fingerprint density at radius 2 is 0.962 bits per heavy atom. The Kier molecular flexibility index (Phi) is 14.6. The van der Waals surface area contributed by atoms with Crippen molar-refractivity contribution in [3.8, 4) is 28.4 Å². The second kappa shape index (κ2) is 21.0. The number of hydrogen-bond acceptors (Lipinski definition) is 4. The van der Waals surface area contributed by atoms with Crippen LogP contribution in [0, 0.1) is 18.8 Å². The van der Waals surface area contributed by atoms with Gasteiger partial charge < -0.3 is 19.1 Å². The van der Waals surface area contributed by atoms with Crippen LogP contribution in [0.1, 0.15) is 116 Å². The van der Waals surface area contributed by atoms with Gasteiger partial charge in [-0.15, -0.1) is 48.1 Å². The number of nitrogens with zero attached hydrogens (tertiary/aromatic N) is 4. The number of rotatable bonds is 12. The summed E-state index contributed by atoms with van der Waals surface area (Å²) in [6.07, 6.45) is 1.92. The minimum absolute atomic E-state index is 0. The second-order valence-corrected chi connectivity index (χ2v) is 24.7. The molecule has 79 heavy (non-hydrogen) atoms. The third-order valence-corrected chi connectivity index (χ3v) is 16.2. The summed E-state index contributed by atoms with van der Waals surface area (Å²) in [5, 5.41) is 2.25. The van der Waals surface area contributed by atoms with Gasteiger partial charge in [0.25, 0.3) is 0 Å². The van der Waals surface area contributed by atoms with E-state index >= 15 is 0 Å². The van der Waals surface area contributed by atoms with E-state index in [4.69, 9.17) is 9.72 Å². The number of fused-ring (bicyclic) bond motifs is 3. The Balaban J connectivity index is 0.00000704. The Bertz CT molecular complexity index is 3840. The van der Waals surface area contributed by atoms with Crippen molar-refractivity contribution in [1.29, 1.82) is 0 Å². The van der Waals surface area contributed by atoms with Crippen LogP contribution in [-0.2, 0) is 48.1 Å². The zero-order valence-electron chi connectivity index (χ0n) is 47.7. The fourth-order valence-corrected chi connectivity index (χ4v) is 11.4. The Labute approximate surface area is 483 Å². The molecule has 402 valence electrons. The first kappa shape index (κ1) is 54.9. The number of allylic oxidation sites excluding steroid dienone is 2. The molecule has 6 heteroatoms. The summed E-state index contributed by atoms with van der Waals surface area (Å²) >= 11 is 0. The van der Waals surface area contributed by atoms with E-state index in [1.807, 2.05) is 18.3 Å². The number of benzene rings is 8. The van der Waals surface area contributed by atoms with E-state index in [1.165, 1.54) is 39.1 Å². The molecule has 0 saturated carbocycles. The van der Waals surface area contributed by atoms with Crippen LogP contribution in [0.15, 0.2) is 218 Å². The van der Waals surface area contributed by atoms with E-state index in [0.717, 1.165) is 55.8 Å². The van der Waals surface area contributed by atoms with E-state index < -0.39 is 10.8 Å². The molecule has 0 unspecified atom stereocenters. The van der Waals surface area contributed by atoms with Crippen LogP contribution in [0.5, 0.6) is 11.5 Å². The average molecular weight is 1220 g/mol. The van der Waals surface area contributed by atoms with Crippen LogP contribution in [0.3, 0.4) is 0 Å². The van der Waals surface area contributed by atoms with Gasteiger partial charge in [-0.2, -0.15) is 12.1 Å². The van der Waals surface area contributed by atoms with Gasteiger partial charge in [0.2, 0.25) is 0 Å². The topological polar surface area (TPSA) is 33.5 Å². The number of pyridine rings is 1. The van der Waals surface area contributed by atoms with E-state index in [-0.39, 0.29) is 37.3 Å². The zero-order chi connectivity index (χ0) is 54.8. The molecule has 8 aromatic carbocycles. The molecule has 3 heterocycles. The van der Waals surface area contributed by atoms with Gasteiger partial charge in [0, 0.05) is 77.6 Å². The van der Waals surface area contributed by atoms with Crippen LogP contribution < -0.4 is 14.5 Å². The van der Waals surface area contributed by atoms with Crippen molar-refractivity contribution in [1.82, 2.24) is 9.55 Å². The van der Waals surface area contributed by atoms with Crippen molar-refractivity contribution in [2.24, 2.45) is 0 Å². The maximum Gasteiger partial charge on any atom is 0.135 e. The molecule has 0 aliphatic carbocycles. The summed E-state index contributed by atoms with van der Waals surface area (Å²) in [4.78, 5) is 9.81. The van der Waals surface area contributed by atoms with Gasteiger partial charge in [-0.1, -0.05) is 228 Å². The Morgan fingerprint density at radius 3 is 1.56 bits per heavy atom. The van der Waals surface area contributed by atoms with Crippen LogP contribution in [-0.4, -0.2) is 9.55 Å². The largest absolute Gasteiger partial charge is 0.509 e. The normalized spacial score (nSPS) is 13.6.